The van der Waals surface area contributed by atoms with Gasteiger partial charge in [0.1, 0.15) is 0 Å². The van der Waals surface area contributed by atoms with Crippen LogP contribution < -0.4 is 0 Å². The predicted molar refractivity (Wildman–Crippen MR) is 75.8 cm³/mol. The molecule has 17 heavy (non-hydrogen) atoms. The van der Waals surface area contributed by atoms with Crippen molar-refractivity contribution in [3.05, 3.63) is 35.4 Å². The number of benzene rings is 1. The average Bonchev–Trinajstić information content (AvgIpc) is 2.33. The fraction of sp³-hybridized carbons (Fsp3) is 0.500. The number of hydrogen-bond acceptors (Lipinski definition) is 1. The summed E-state index contributed by atoms with van der Waals surface area (Å²) in [5.74, 6) is 0.118. The Morgan fingerprint density at radius 2 is 2.06 bits per heavy atom. The average molecular weight is 298 g/mol. The second-order valence-electron chi connectivity index (χ2n) is 4.35. The Labute approximate surface area is 112 Å². The van der Waals surface area contributed by atoms with Gasteiger partial charge in [-0.1, -0.05) is 40.0 Å². The molecule has 0 spiro atoms. The molecule has 1 aromatic rings. The Balaban J connectivity index is 2.46. The lowest BCUT2D eigenvalue weighted by atomic mass is 10.1. The number of hydrogen-bond donors (Lipinski definition) is 0. The summed E-state index contributed by atoms with van der Waals surface area (Å²) in [4.78, 5) is 13.9. The predicted octanol–water partition coefficient (Wildman–Crippen LogP) is 3.63. The molecule has 0 fully saturated rings. The van der Waals surface area contributed by atoms with Gasteiger partial charge in [0.25, 0.3) is 5.91 Å². The van der Waals surface area contributed by atoms with Gasteiger partial charge in [-0.05, 0) is 31.9 Å². The van der Waals surface area contributed by atoms with Crippen LogP contribution in [0.25, 0.3) is 0 Å². The molecule has 0 saturated heterocycles. The van der Waals surface area contributed by atoms with Crippen molar-refractivity contribution in [3.63, 3.8) is 0 Å². The number of nitrogens with zero attached hydrogens (tertiary/aromatic N) is 1. The van der Waals surface area contributed by atoms with E-state index in [-0.39, 0.29) is 5.91 Å². The maximum atomic E-state index is 12.1. The van der Waals surface area contributed by atoms with E-state index in [2.05, 4.69) is 15.9 Å². The van der Waals surface area contributed by atoms with Gasteiger partial charge in [-0.2, -0.15) is 0 Å². The van der Waals surface area contributed by atoms with Crippen LogP contribution in [0.2, 0.25) is 0 Å². The first-order valence-corrected chi connectivity index (χ1v) is 7.15. The smallest absolute Gasteiger partial charge is 0.253 e. The van der Waals surface area contributed by atoms with Crippen molar-refractivity contribution in [1.29, 1.82) is 0 Å². The summed E-state index contributed by atoms with van der Waals surface area (Å²) in [5.41, 5.74) is 1.91. The van der Waals surface area contributed by atoms with Gasteiger partial charge in [0.05, 0.1) is 0 Å². The van der Waals surface area contributed by atoms with Gasteiger partial charge in [0.15, 0.2) is 0 Å². The molecule has 0 heterocycles. The van der Waals surface area contributed by atoms with E-state index in [4.69, 9.17) is 0 Å². The topological polar surface area (TPSA) is 20.3 Å². The minimum atomic E-state index is 0.118. The molecule has 0 saturated carbocycles. The number of amides is 1. The van der Waals surface area contributed by atoms with Crippen molar-refractivity contribution < 1.29 is 4.79 Å². The van der Waals surface area contributed by atoms with Gasteiger partial charge in [-0.25, -0.2) is 0 Å². The zero-order valence-corrected chi connectivity index (χ0v) is 12.2. The molecule has 94 valence electrons. The molecule has 1 amide bonds. The molecule has 1 rings (SSSR count). The fourth-order valence-corrected chi connectivity index (χ4v) is 2.12. The van der Waals surface area contributed by atoms with Crippen LogP contribution in [0.15, 0.2) is 24.3 Å². The number of halogens is 1. The maximum absolute atomic E-state index is 12.1. The first-order valence-electron chi connectivity index (χ1n) is 6.03. The van der Waals surface area contributed by atoms with E-state index < -0.39 is 0 Å². The van der Waals surface area contributed by atoms with Gasteiger partial charge in [0.2, 0.25) is 0 Å². The highest BCUT2D eigenvalue weighted by atomic mass is 79.9. The Morgan fingerprint density at radius 1 is 1.29 bits per heavy atom. The van der Waals surface area contributed by atoms with Crippen LogP contribution in [0.3, 0.4) is 0 Å². The van der Waals surface area contributed by atoms with Crippen molar-refractivity contribution in [2.75, 3.05) is 18.9 Å². The third-order valence-corrected chi connectivity index (χ3v) is 3.30. The van der Waals surface area contributed by atoms with Crippen LogP contribution >= 0.6 is 15.9 Å². The molecule has 0 radical (unpaired) electrons. The highest BCUT2D eigenvalue weighted by Crippen LogP contribution is 2.08. The highest BCUT2D eigenvalue weighted by Gasteiger charge is 2.10. The van der Waals surface area contributed by atoms with Gasteiger partial charge in [0, 0.05) is 24.5 Å². The van der Waals surface area contributed by atoms with Crippen molar-refractivity contribution in [2.45, 2.75) is 26.2 Å². The largest absolute Gasteiger partial charge is 0.342 e. The summed E-state index contributed by atoms with van der Waals surface area (Å²) in [6.45, 7) is 2.84. The number of alkyl halides is 1. The number of rotatable bonds is 6. The Hall–Kier alpha value is -0.830. The van der Waals surface area contributed by atoms with Crippen LogP contribution in [0.4, 0.5) is 0 Å². The summed E-state index contributed by atoms with van der Waals surface area (Å²) in [7, 11) is 1.87. The molecule has 0 aliphatic carbocycles. The van der Waals surface area contributed by atoms with E-state index in [1.807, 2.05) is 43.1 Å². The normalized spacial score (nSPS) is 10.3. The van der Waals surface area contributed by atoms with E-state index >= 15 is 0 Å². The maximum Gasteiger partial charge on any atom is 0.253 e. The standard InChI is InChI=1S/C14H20BrNO/c1-12-7-6-8-13(11-12)14(17)16(2)10-5-3-4-9-15/h6-8,11H,3-5,9-10H2,1-2H3. The summed E-state index contributed by atoms with van der Waals surface area (Å²) in [6.07, 6.45) is 3.41. The van der Waals surface area contributed by atoms with Gasteiger partial charge < -0.3 is 4.90 Å². The van der Waals surface area contributed by atoms with E-state index in [0.29, 0.717) is 0 Å². The molecule has 0 N–H and O–H groups in total. The minimum absolute atomic E-state index is 0.118. The number of unbranched alkanes of at least 4 members (excludes halogenated alkanes) is 2. The molecular formula is C14H20BrNO. The zero-order chi connectivity index (χ0) is 12.7. The van der Waals surface area contributed by atoms with Gasteiger partial charge in [-0.3, -0.25) is 4.79 Å². The minimum Gasteiger partial charge on any atom is -0.342 e. The Morgan fingerprint density at radius 3 is 2.71 bits per heavy atom. The molecule has 0 aromatic heterocycles. The monoisotopic (exact) mass is 297 g/mol. The molecule has 3 heteroatoms. The summed E-state index contributed by atoms with van der Waals surface area (Å²) in [5, 5.41) is 1.04. The Kier molecular flexibility index (Phi) is 6.27. The van der Waals surface area contributed by atoms with Crippen molar-refractivity contribution >= 4 is 21.8 Å². The van der Waals surface area contributed by atoms with E-state index in [1.165, 1.54) is 6.42 Å². The molecule has 0 atom stereocenters. The molecular weight excluding hydrogens is 278 g/mol. The lowest BCUT2D eigenvalue weighted by Gasteiger charge is -2.17. The number of carbonyl (C=O) groups is 1. The van der Waals surface area contributed by atoms with Crippen molar-refractivity contribution in [1.82, 2.24) is 4.90 Å². The second-order valence-corrected chi connectivity index (χ2v) is 5.14. The SMILES string of the molecule is Cc1cccc(C(=O)N(C)CCCCCBr)c1. The van der Waals surface area contributed by atoms with Crippen LogP contribution in [0.5, 0.6) is 0 Å². The number of carbonyl (C=O) groups excluding carboxylic acids is 1. The van der Waals surface area contributed by atoms with E-state index in [9.17, 15) is 4.79 Å². The van der Waals surface area contributed by atoms with Gasteiger partial charge >= 0.3 is 0 Å². The van der Waals surface area contributed by atoms with Crippen molar-refractivity contribution in [2.24, 2.45) is 0 Å². The highest BCUT2D eigenvalue weighted by molar-refractivity contribution is 9.09. The van der Waals surface area contributed by atoms with Crippen LogP contribution in [0, 0.1) is 6.92 Å². The first-order chi connectivity index (χ1) is 8.15. The van der Waals surface area contributed by atoms with Gasteiger partial charge in [-0.15, -0.1) is 0 Å². The van der Waals surface area contributed by atoms with Crippen LogP contribution in [0.1, 0.15) is 35.2 Å². The Bertz CT molecular complexity index is 365. The molecule has 0 aliphatic rings. The van der Waals surface area contributed by atoms with E-state index in [0.717, 1.165) is 35.8 Å². The third-order valence-electron chi connectivity index (χ3n) is 2.74. The second kappa shape index (κ2) is 7.49. The van der Waals surface area contributed by atoms with Crippen LogP contribution in [-0.4, -0.2) is 29.7 Å². The summed E-state index contributed by atoms with van der Waals surface area (Å²) >= 11 is 3.41. The molecule has 0 unspecified atom stereocenters. The molecule has 2 nitrogen and oxygen atoms in total. The molecule has 0 bridgehead atoms. The third kappa shape index (κ3) is 4.90. The zero-order valence-electron chi connectivity index (χ0n) is 10.6. The lowest BCUT2D eigenvalue weighted by molar-refractivity contribution is 0.0792. The van der Waals surface area contributed by atoms with Crippen LogP contribution in [-0.2, 0) is 0 Å². The van der Waals surface area contributed by atoms with Crippen molar-refractivity contribution in [3.8, 4) is 0 Å². The number of aryl methyl sites for hydroxylation is 1. The lowest BCUT2D eigenvalue weighted by Crippen LogP contribution is -2.27. The quantitative estimate of drug-likeness (QED) is 0.580. The first kappa shape index (κ1) is 14.2. The molecule has 0 aliphatic heterocycles. The summed E-state index contributed by atoms with van der Waals surface area (Å²) < 4.78 is 0. The van der Waals surface area contributed by atoms with E-state index in [1.54, 1.807) is 0 Å². The summed E-state index contributed by atoms with van der Waals surface area (Å²) in [6, 6.07) is 7.76. The fourth-order valence-electron chi connectivity index (χ4n) is 1.72. The molecule has 1 aromatic carbocycles.